The first-order valence-electron chi connectivity index (χ1n) is 11.7. The van der Waals surface area contributed by atoms with Crippen molar-refractivity contribution in [2.45, 2.75) is 62.7 Å². The van der Waals surface area contributed by atoms with Crippen LogP contribution >= 0.6 is 11.8 Å². The number of rotatable bonds is 10. The van der Waals surface area contributed by atoms with Crippen LogP contribution in [0.25, 0.3) is 0 Å². The maximum Gasteiger partial charge on any atom is 0.321 e. The molecular formula is C26H32N2O4S. The number of urea groups is 1. The smallest absolute Gasteiger partial charge is 0.321 e. The number of hydrogen-bond donors (Lipinski definition) is 1. The van der Waals surface area contributed by atoms with Gasteiger partial charge < -0.3 is 19.6 Å². The number of amides is 2. The number of hydrogen-bond acceptors (Lipinski definition) is 5. The van der Waals surface area contributed by atoms with Crippen LogP contribution in [0.2, 0.25) is 0 Å². The van der Waals surface area contributed by atoms with E-state index in [9.17, 15) is 14.7 Å². The number of fused-ring (bicyclic) bond motifs is 1. The molecule has 2 fully saturated rings. The van der Waals surface area contributed by atoms with E-state index >= 15 is 0 Å². The number of esters is 1. The summed E-state index contributed by atoms with van der Waals surface area (Å²) in [4.78, 5) is 28.0. The highest BCUT2D eigenvalue weighted by atomic mass is 32.2. The highest BCUT2D eigenvalue weighted by molar-refractivity contribution is 8.00. The molecule has 2 amide bonds. The molecule has 2 heterocycles. The molecule has 2 saturated heterocycles. The number of unbranched alkanes of at least 4 members (excludes halogenated alkanes) is 1. The molecule has 3 atom stereocenters. The zero-order valence-electron chi connectivity index (χ0n) is 19.1. The fourth-order valence-corrected chi connectivity index (χ4v) is 6.42. The zero-order chi connectivity index (χ0) is 23.3. The maximum atomic E-state index is 13.6. The monoisotopic (exact) mass is 468 g/mol. The molecule has 3 unspecified atom stereocenters. The van der Waals surface area contributed by atoms with Crippen LogP contribution in [0.15, 0.2) is 60.7 Å². The fourth-order valence-electron chi connectivity index (χ4n) is 4.86. The summed E-state index contributed by atoms with van der Waals surface area (Å²) in [5.74, 6) is 0.500. The Morgan fingerprint density at radius 1 is 1.03 bits per heavy atom. The molecular weight excluding hydrogens is 436 g/mol. The van der Waals surface area contributed by atoms with Gasteiger partial charge in [-0.3, -0.25) is 4.79 Å². The van der Waals surface area contributed by atoms with Gasteiger partial charge in [0, 0.05) is 25.3 Å². The third-order valence-corrected chi connectivity index (χ3v) is 7.87. The van der Waals surface area contributed by atoms with E-state index in [0.29, 0.717) is 51.1 Å². The normalized spacial score (nSPS) is 24.2. The minimum atomic E-state index is -1.03. The van der Waals surface area contributed by atoms with Crippen LogP contribution < -0.4 is 0 Å². The van der Waals surface area contributed by atoms with Gasteiger partial charge in [-0.15, -0.1) is 11.8 Å². The number of benzene rings is 2. The molecule has 2 aliphatic heterocycles. The molecule has 176 valence electrons. The zero-order valence-corrected chi connectivity index (χ0v) is 19.9. The first kappa shape index (κ1) is 23.6. The molecule has 2 aromatic rings. The van der Waals surface area contributed by atoms with Gasteiger partial charge in [0.2, 0.25) is 0 Å². The Morgan fingerprint density at radius 3 is 2.24 bits per heavy atom. The molecule has 2 aromatic carbocycles. The third-order valence-electron chi connectivity index (χ3n) is 6.42. The first-order valence-corrected chi connectivity index (χ1v) is 12.7. The van der Waals surface area contributed by atoms with Crippen LogP contribution in [0.1, 0.15) is 43.7 Å². The minimum absolute atomic E-state index is 0.0250. The predicted octanol–water partition coefficient (Wildman–Crippen LogP) is 4.42. The van der Waals surface area contributed by atoms with Crippen LogP contribution in [0, 0.1) is 0 Å². The van der Waals surface area contributed by atoms with Crippen molar-refractivity contribution in [1.29, 1.82) is 0 Å². The van der Waals surface area contributed by atoms with Crippen molar-refractivity contribution >= 4 is 23.8 Å². The molecule has 1 N–H and O–H groups in total. The largest absolute Gasteiger partial charge is 0.466 e. The molecule has 0 aromatic heterocycles. The quantitative estimate of drug-likeness (QED) is 0.318. The van der Waals surface area contributed by atoms with Gasteiger partial charge in [0.1, 0.15) is 4.93 Å². The van der Waals surface area contributed by atoms with E-state index in [4.69, 9.17) is 4.74 Å². The summed E-state index contributed by atoms with van der Waals surface area (Å²) in [5, 5.41) is 11.7. The van der Waals surface area contributed by atoms with Crippen molar-refractivity contribution in [3.05, 3.63) is 71.8 Å². The van der Waals surface area contributed by atoms with Gasteiger partial charge in [-0.1, -0.05) is 60.7 Å². The average molecular weight is 469 g/mol. The second-order valence-corrected chi connectivity index (χ2v) is 10.0. The lowest BCUT2D eigenvalue weighted by Crippen LogP contribution is -2.48. The summed E-state index contributed by atoms with van der Waals surface area (Å²) in [6.45, 7) is 3.19. The molecule has 33 heavy (non-hydrogen) atoms. The molecule has 0 aliphatic carbocycles. The lowest BCUT2D eigenvalue weighted by Gasteiger charge is -2.34. The van der Waals surface area contributed by atoms with E-state index in [1.807, 2.05) is 70.5 Å². The van der Waals surface area contributed by atoms with Crippen LogP contribution in [0.3, 0.4) is 0 Å². The molecule has 2 aliphatic rings. The van der Waals surface area contributed by atoms with Gasteiger partial charge in [0.05, 0.1) is 18.7 Å². The predicted molar refractivity (Wildman–Crippen MR) is 129 cm³/mol. The van der Waals surface area contributed by atoms with Crippen molar-refractivity contribution in [2.24, 2.45) is 0 Å². The van der Waals surface area contributed by atoms with Crippen LogP contribution in [0.4, 0.5) is 4.79 Å². The molecule has 7 heteroatoms. The molecule has 0 bridgehead atoms. The Kier molecular flexibility index (Phi) is 7.60. The van der Waals surface area contributed by atoms with Gasteiger partial charge in [-0.05, 0) is 37.3 Å². The summed E-state index contributed by atoms with van der Waals surface area (Å²) in [6.07, 6.45) is 2.27. The molecule has 0 radical (unpaired) electrons. The number of ether oxygens (including phenoxy) is 1. The van der Waals surface area contributed by atoms with Gasteiger partial charge in [-0.2, -0.15) is 0 Å². The Balaban J connectivity index is 1.51. The standard InChI is InChI=1S/C26H32N2O4S/c1-2-32-23(29)15-9-10-16-26(31)24-22(19-33-26)27(17-20-11-5-3-6-12-20)25(30)28(24)18-21-13-7-4-8-14-21/h3-8,11-14,22,24,31H,2,9-10,15-19H2,1H3. The van der Waals surface area contributed by atoms with Gasteiger partial charge in [0.15, 0.2) is 0 Å². The maximum absolute atomic E-state index is 13.6. The van der Waals surface area contributed by atoms with Gasteiger partial charge >= 0.3 is 12.0 Å². The molecule has 0 saturated carbocycles. The topological polar surface area (TPSA) is 70.1 Å². The molecule has 4 rings (SSSR count). The van der Waals surface area contributed by atoms with Crippen LogP contribution in [-0.2, 0) is 22.6 Å². The van der Waals surface area contributed by atoms with Crippen molar-refractivity contribution in [3.63, 3.8) is 0 Å². The van der Waals surface area contributed by atoms with E-state index in [1.54, 1.807) is 18.7 Å². The summed E-state index contributed by atoms with van der Waals surface area (Å²) in [7, 11) is 0. The molecule has 0 spiro atoms. The Labute approximate surface area is 199 Å². The summed E-state index contributed by atoms with van der Waals surface area (Å²) < 4.78 is 5.01. The summed E-state index contributed by atoms with van der Waals surface area (Å²) in [5.41, 5.74) is 2.13. The van der Waals surface area contributed by atoms with E-state index in [0.717, 1.165) is 11.1 Å². The van der Waals surface area contributed by atoms with Crippen LogP contribution in [-0.4, -0.2) is 56.3 Å². The summed E-state index contributed by atoms with van der Waals surface area (Å²) in [6, 6.07) is 19.6. The van der Waals surface area contributed by atoms with Crippen molar-refractivity contribution in [1.82, 2.24) is 9.80 Å². The number of aliphatic hydroxyl groups is 1. The van der Waals surface area contributed by atoms with Crippen molar-refractivity contribution in [2.75, 3.05) is 12.4 Å². The Hall–Kier alpha value is -2.51. The second-order valence-electron chi connectivity index (χ2n) is 8.69. The highest BCUT2D eigenvalue weighted by Crippen LogP contribution is 2.48. The second kappa shape index (κ2) is 10.6. The third kappa shape index (κ3) is 5.36. The number of thioether (sulfide) groups is 1. The lowest BCUT2D eigenvalue weighted by molar-refractivity contribution is -0.143. The van der Waals surface area contributed by atoms with Crippen molar-refractivity contribution in [3.8, 4) is 0 Å². The average Bonchev–Trinajstić information content (AvgIpc) is 3.29. The molecule has 6 nitrogen and oxygen atoms in total. The number of nitrogens with zero attached hydrogens (tertiary/aromatic N) is 2. The Bertz CT molecular complexity index is 942. The van der Waals surface area contributed by atoms with E-state index in [1.165, 1.54) is 0 Å². The lowest BCUT2D eigenvalue weighted by atomic mass is 9.97. The number of carbonyl (C=O) groups excluding carboxylic acids is 2. The van der Waals surface area contributed by atoms with Crippen LogP contribution in [0.5, 0.6) is 0 Å². The summed E-state index contributed by atoms with van der Waals surface area (Å²) >= 11 is 1.54. The van der Waals surface area contributed by atoms with E-state index in [2.05, 4.69) is 0 Å². The highest BCUT2D eigenvalue weighted by Gasteiger charge is 2.59. The van der Waals surface area contributed by atoms with Crippen molar-refractivity contribution < 1.29 is 19.4 Å². The van der Waals surface area contributed by atoms with E-state index in [-0.39, 0.29) is 24.1 Å². The van der Waals surface area contributed by atoms with Gasteiger partial charge in [-0.25, -0.2) is 4.79 Å². The number of carbonyl (C=O) groups is 2. The Morgan fingerprint density at radius 2 is 1.64 bits per heavy atom. The first-order chi connectivity index (χ1) is 16.0. The fraction of sp³-hybridized carbons (Fsp3) is 0.462. The SMILES string of the molecule is CCOC(=O)CCCCC1(O)SCC2C1N(Cc1ccccc1)C(=O)N2Cc1ccccc1. The van der Waals surface area contributed by atoms with Gasteiger partial charge in [0.25, 0.3) is 0 Å². The van der Waals surface area contributed by atoms with E-state index < -0.39 is 4.93 Å². The minimum Gasteiger partial charge on any atom is -0.466 e.